The molecule has 0 radical (unpaired) electrons. The molecule has 0 aromatic heterocycles. The number of benzene rings is 2. The molecule has 0 atom stereocenters. The Morgan fingerprint density at radius 3 is 2.36 bits per heavy atom. The zero-order valence-corrected chi connectivity index (χ0v) is 13.5. The predicted molar refractivity (Wildman–Crippen MR) is 88.4 cm³/mol. The van der Waals surface area contributed by atoms with Gasteiger partial charge in [0, 0.05) is 12.7 Å². The maximum Gasteiger partial charge on any atom is 0.126 e. The molecule has 22 heavy (non-hydrogen) atoms. The fraction of sp³-hybridized carbons (Fsp3) is 0.368. The van der Waals surface area contributed by atoms with E-state index in [2.05, 4.69) is 0 Å². The molecule has 2 rings (SSSR count). The molecule has 1 N–H and O–H groups in total. The maximum absolute atomic E-state index is 9.20. The minimum atomic E-state index is -0.255. The van der Waals surface area contributed by atoms with Crippen molar-refractivity contribution in [2.45, 2.75) is 39.4 Å². The summed E-state index contributed by atoms with van der Waals surface area (Å²) in [6, 6.07) is 15.8. The lowest BCUT2D eigenvalue weighted by atomic mass is 10.1. The highest BCUT2D eigenvalue weighted by molar-refractivity contribution is 5.41. The van der Waals surface area contributed by atoms with Gasteiger partial charge in [0.2, 0.25) is 0 Å². The van der Waals surface area contributed by atoms with E-state index in [0.29, 0.717) is 13.0 Å². The van der Waals surface area contributed by atoms with Gasteiger partial charge in [0.25, 0.3) is 0 Å². The van der Waals surface area contributed by atoms with E-state index in [9.17, 15) is 5.11 Å². The lowest BCUT2D eigenvalue weighted by Crippen LogP contribution is -2.23. The molecule has 0 amide bonds. The van der Waals surface area contributed by atoms with E-state index in [1.165, 1.54) is 0 Å². The number of rotatable bonds is 6. The van der Waals surface area contributed by atoms with Crippen molar-refractivity contribution in [3.05, 3.63) is 59.7 Å². The van der Waals surface area contributed by atoms with Gasteiger partial charge in [-0.05, 0) is 44.4 Å². The summed E-state index contributed by atoms with van der Waals surface area (Å²) >= 11 is 0. The number of hydrogen-bond acceptors (Lipinski definition) is 3. The molecule has 0 saturated heterocycles. The quantitative estimate of drug-likeness (QED) is 0.877. The van der Waals surface area contributed by atoms with Crippen LogP contribution in [0.4, 0.5) is 0 Å². The average Bonchev–Trinajstić information content (AvgIpc) is 2.47. The third-order valence-electron chi connectivity index (χ3n) is 3.08. The topological polar surface area (TPSA) is 38.7 Å². The second kappa shape index (κ2) is 7.32. The number of aliphatic hydroxyl groups excluding tert-OH is 1. The van der Waals surface area contributed by atoms with Gasteiger partial charge in [-0.2, -0.15) is 0 Å². The molecule has 0 aliphatic carbocycles. The minimum Gasteiger partial charge on any atom is -0.488 e. The summed E-state index contributed by atoms with van der Waals surface area (Å²) in [6.45, 7) is 6.64. The average molecular weight is 300 g/mol. The first-order chi connectivity index (χ1) is 10.5. The Hall–Kier alpha value is -2.00. The molecule has 0 fully saturated rings. The Morgan fingerprint density at radius 1 is 1.00 bits per heavy atom. The van der Waals surface area contributed by atoms with E-state index in [0.717, 1.165) is 22.6 Å². The summed E-state index contributed by atoms with van der Waals surface area (Å²) in [5.41, 5.74) is 1.84. The standard InChI is InChI=1S/C19H24O3/c1-19(2,3)22-17-10-9-16(11-12-20)18(13-17)21-14-15-7-5-4-6-8-15/h4-10,13,20H,11-12,14H2,1-3H3. The zero-order valence-electron chi connectivity index (χ0n) is 13.5. The van der Waals surface area contributed by atoms with Gasteiger partial charge in [-0.15, -0.1) is 0 Å². The zero-order chi connectivity index (χ0) is 16.0. The highest BCUT2D eigenvalue weighted by Crippen LogP contribution is 2.28. The van der Waals surface area contributed by atoms with Crippen molar-refractivity contribution in [3.8, 4) is 11.5 Å². The summed E-state index contributed by atoms with van der Waals surface area (Å²) in [7, 11) is 0. The molecule has 3 heteroatoms. The van der Waals surface area contributed by atoms with Crippen molar-refractivity contribution >= 4 is 0 Å². The van der Waals surface area contributed by atoms with Gasteiger partial charge in [0.15, 0.2) is 0 Å². The first-order valence-corrected chi connectivity index (χ1v) is 7.57. The smallest absolute Gasteiger partial charge is 0.126 e. The van der Waals surface area contributed by atoms with Gasteiger partial charge in [-0.25, -0.2) is 0 Å². The molecule has 0 unspecified atom stereocenters. The molecule has 2 aromatic rings. The molecule has 0 saturated carbocycles. The Balaban J connectivity index is 2.16. The van der Waals surface area contributed by atoms with Crippen LogP contribution >= 0.6 is 0 Å². The lowest BCUT2D eigenvalue weighted by Gasteiger charge is -2.22. The second-order valence-corrected chi connectivity index (χ2v) is 6.23. The van der Waals surface area contributed by atoms with E-state index in [-0.39, 0.29) is 12.2 Å². The van der Waals surface area contributed by atoms with Crippen LogP contribution in [0.3, 0.4) is 0 Å². The number of ether oxygens (including phenoxy) is 2. The maximum atomic E-state index is 9.20. The molecule has 0 aliphatic rings. The van der Waals surface area contributed by atoms with Crippen molar-refractivity contribution in [1.82, 2.24) is 0 Å². The van der Waals surface area contributed by atoms with Crippen LogP contribution in [0.2, 0.25) is 0 Å². The van der Waals surface area contributed by atoms with Crippen LogP contribution < -0.4 is 9.47 Å². The monoisotopic (exact) mass is 300 g/mol. The molecule has 0 heterocycles. The summed E-state index contributed by atoms with van der Waals surface area (Å²) in [6.07, 6.45) is 0.569. The number of hydrogen-bond donors (Lipinski definition) is 1. The number of aliphatic hydroxyl groups is 1. The molecular formula is C19H24O3. The highest BCUT2D eigenvalue weighted by Gasteiger charge is 2.14. The summed E-state index contributed by atoms with van der Waals surface area (Å²) in [4.78, 5) is 0. The van der Waals surface area contributed by atoms with Crippen molar-refractivity contribution in [3.63, 3.8) is 0 Å². The molecule has 0 aliphatic heterocycles. The summed E-state index contributed by atoms with van der Waals surface area (Å²) < 4.78 is 11.8. The summed E-state index contributed by atoms with van der Waals surface area (Å²) in [5.74, 6) is 1.54. The van der Waals surface area contributed by atoms with Crippen LogP contribution in [-0.4, -0.2) is 17.3 Å². The van der Waals surface area contributed by atoms with Gasteiger partial charge in [0.05, 0.1) is 0 Å². The third-order valence-corrected chi connectivity index (χ3v) is 3.08. The van der Waals surface area contributed by atoms with Gasteiger partial charge in [-0.3, -0.25) is 0 Å². The van der Waals surface area contributed by atoms with E-state index in [4.69, 9.17) is 9.47 Å². The molecular weight excluding hydrogens is 276 g/mol. The first kappa shape index (κ1) is 16.4. The van der Waals surface area contributed by atoms with Gasteiger partial charge >= 0.3 is 0 Å². The fourth-order valence-corrected chi connectivity index (χ4v) is 2.15. The third kappa shape index (κ3) is 5.08. The van der Waals surface area contributed by atoms with Crippen LogP contribution in [0.15, 0.2) is 48.5 Å². The molecule has 3 nitrogen and oxygen atoms in total. The Kier molecular flexibility index (Phi) is 5.45. The van der Waals surface area contributed by atoms with E-state index in [1.54, 1.807) is 0 Å². The Morgan fingerprint density at radius 2 is 1.73 bits per heavy atom. The van der Waals surface area contributed by atoms with E-state index < -0.39 is 0 Å². The second-order valence-electron chi connectivity index (χ2n) is 6.23. The van der Waals surface area contributed by atoms with Crippen LogP contribution in [0.1, 0.15) is 31.9 Å². The molecule has 0 bridgehead atoms. The predicted octanol–water partition coefficient (Wildman–Crippen LogP) is 3.98. The SMILES string of the molecule is CC(C)(C)Oc1ccc(CCO)c(OCc2ccccc2)c1. The van der Waals surface area contributed by atoms with Crippen LogP contribution in [0, 0.1) is 0 Å². The fourth-order valence-electron chi connectivity index (χ4n) is 2.15. The normalized spacial score (nSPS) is 11.3. The lowest BCUT2D eigenvalue weighted by molar-refractivity contribution is 0.130. The molecule has 118 valence electrons. The van der Waals surface area contributed by atoms with Gasteiger partial charge in [0.1, 0.15) is 23.7 Å². The molecule has 2 aromatic carbocycles. The Bertz CT molecular complexity index is 585. The van der Waals surface area contributed by atoms with E-state index >= 15 is 0 Å². The molecule has 0 spiro atoms. The highest BCUT2D eigenvalue weighted by atomic mass is 16.5. The largest absolute Gasteiger partial charge is 0.488 e. The minimum absolute atomic E-state index is 0.0984. The van der Waals surface area contributed by atoms with Crippen LogP contribution in [0.5, 0.6) is 11.5 Å². The van der Waals surface area contributed by atoms with Crippen molar-refractivity contribution in [2.24, 2.45) is 0 Å². The van der Waals surface area contributed by atoms with Crippen molar-refractivity contribution < 1.29 is 14.6 Å². The van der Waals surface area contributed by atoms with Gasteiger partial charge < -0.3 is 14.6 Å². The van der Waals surface area contributed by atoms with Crippen LogP contribution in [-0.2, 0) is 13.0 Å². The van der Waals surface area contributed by atoms with E-state index in [1.807, 2.05) is 69.3 Å². The first-order valence-electron chi connectivity index (χ1n) is 7.57. The summed E-state index contributed by atoms with van der Waals surface area (Å²) in [5, 5.41) is 9.20. The van der Waals surface area contributed by atoms with Crippen molar-refractivity contribution in [2.75, 3.05) is 6.61 Å². The van der Waals surface area contributed by atoms with Crippen molar-refractivity contribution in [1.29, 1.82) is 0 Å². The van der Waals surface area contributed by atoms with Crippen LogP contribution in [0.25, 0.3) is 0 Å². The Labute approximate surface area is 132 Å². The van der Waals surface area contributed by atoms with Gasteiger partial charge in [-0.1, -0.05) is 36.4 Å².